The zero-order chi connectivity index (χ0) is 34.9. The number of fused-ring (bicyclic) bond motifs is 3. The fourth-order valence-electron chi connectivity index (χ4n) is 6.82. The lowest BCUT2D eigenvalue weighted by Gasteiger charge is -2.51. The topological polar surface area (TPSA) is 252 Å². The molecule has 1 fully saturated rings. The van der Waals surface area contributed by atoms with Crippen molar-refractivity contribution in [2.75, 3.05) is 49.0 Å². The second kappa shape index (κ2) is 11.7. The first-order valence-corrected chi connectivity index (χ1v) is 14.5. The van der Waals surface area contributed by atoms with E-state index in [9.17, 15) is 50.0 Å². The number of likely N-dealkylation sites (N-methyl/N-ethyl adjacent to an activating group) is 1. The van der Waals surface area contributed by atoms with E-state index in [1.54, 1.807) is 19.0 Å². The summed E-state index contributed by atoms with van der Waals surface area (Å²) in [6.07, 6.45) is -0.125. The lowest BCUT2D eigenvalue weighted by molar-refractivity contribution is -0.246. The van der Waals surface area contributed by atoms with Crippen molar-refractivity contribution in [1.29, 1.82) is 0 Å². The summed E-state index contributed by atoms with van der Waals surface area (Å²) in [5.41, 5.74) is 0.864. The second-order valence-corrected chi connectivity index (χ2v) is 12.4. The van der Waals surface area contributed by atoms with Crippen LogP contribution >= 0.6 is 11.6 Å². The Morgan fingerprint density at radius 2 is 1.68 bits per heavy atom. The third-order valence-electron chi connectivity index (χ3n) is 8.83. The molecule has 17 heteroatoms. The molecule has 3 amide bonds. The summed E-state index contributed by atoms with van der Waals surface area (Å²) in [5, 5.41) is 72.0. The van der Waals surface area contributed by atoms with Gasteiger partial charge in [0.05, 0.1) is 17.4 Å². The molecule has 0 unspecified atom stereocenters. The summed E-state index contributed by atoms with van der Waals surface area (Å²) in [6, 6.07) is 3.02. The van der Waals surface area contributed by atoms with Crippen LogP contribution in [0.3, 0.4) is 0 Å². The monoisotopic (exact) mass is 671 g/mol. The van der Waals surface area contributed by atoms with Gasteiger partial charge in [0, 0.05) is 36.3 Å². The average Bonchev–Trinajstić information content (AvgIpc) is 2.96. The summed E-state index contributed by atoms with van der Waals surface area (Å²) < 4.78 is 0. The number of carbonyl (C=O) groups is 4. The van der Waals surface area contributed by atoms with Gasteiger partial charge in [-0.05, 0) is 68.3 Å². The molecule has 4 atom stereocenters. The number of halogens is 1. The summed E-state index contributed by atoms with van der Waals surface area (Å²) >= 11 is 5.90. The molecule has 9 N–H and O–H groups in total. The van der Waals surface area contributed by atoms with Crippen LogP contribution in [-0.2, 0) is 20.8 Å². The number of aliphatic hydroxyl groups excluding tert-OH is 1. The van der Waals surface area contributed by atoms with Crippen LogP contribution in [0.4, 0.5) is 27.5 Å². The van der Waals surface area contributed by atoms with Crippen LogP contribution in [0.25, 0.3) is 5.76 Å². The second-order valence-electron chi connectivity index (χ2n) is 12.0. The number of phenols is 1. The number of anilines is 4. The summed E-state index contributed by atoms with van der Waals surface area (Å²) in [7, 11) is 6.30. The first kappa shape index (κ1) is 33.5. The third kappa shape index (κ3) is 5.19. The van der Waals surface area contributed by atoms with Crippen molar-refractivity contribution >= 4 is 63.6 Å². The molecule has 0 radical (unpaired) electrons. The van der Waals surface area contributed by atoms with Crippen LogP contribution in [0.2, 0.25) is 5.02 Å². The molecule has 2 aromatic rings. The zero-order valence-corrected chi connectivity index (χ0v) is 26.3. The van der Waals surface area contributed by atoms with E-state index in [-0.39, 0.29) is 45.7 Å². The Labute approximate surface area is 272 Å². The standard InChI is InChI=1S/C30H33ClN6O10/c1-35(2)17-10-16(34-29(44)33-15-6-5-12(31)9-18(15)37(46)47)23(38)20-13(17)7-11-8-14-22(36(3)4)25(40)21(28(32)43)27(42)30(14,45)26(41)19(11)24(20)39/h5-6,9-11,14,22,38-39,42,45-47H,7-8H2,1-4H3,(H2,32,43)(H2,33,34,44)/p-1/t11-,14-,22-,30-/m0/s1. The van der Waals surface area contributed by atoms with Crippen LogP contribution in [-0.4, -0.2) is 94.0 Å². The highest BCUT2D eigenvalue weighted by molar-refractivity contribution is 6.31. The van der Waals surface area contributed by atoms with E-state index >= 15 is 0 Å². The molecular formula is C30H32ClN6O10-. The number of carbonyl (C=O) groups excluding carboxylic acids is 4. The lowest BCUT2D eigenvalue weighted by Crippen LogP contribution is -2.65. The Morgan fingerprint density at radius 3 is 2.26 bits per heavy atom. The average molecular weight is 672 g/mol. The first-order chi connectivity index (χ1) is 21.9. The van der Waals surface area contributed by atoms with Gasteiger partial charge in [-0.3, -0.25) is 29.7 Å². The van der Waals surface area contributed by atoms with Gasteiger partial charge in [0.25, 0.3) is 5.91 Å². The van der Waals surface area contributed by atoms with Gasteiger partial charge in [0.15, 0.2) is 17.2 Å². The van der Waals surface area contributed by atoms with Crippen LogP contribution in [0.5, 0.6) is 5.75 Å². The van der Waals surface area contributed by atoms with Crippen molar-refractivity contribution in [2.45, 2.75) is 24.5 Å². The molecule has 5 rings (SSSR count). The molecule has 0 saturated heterocycles. The number of ketones is 2. The normalized spacial score (nSPS) is 23.6. The molecule has 2 aromatic carbocycles. The maximum Gasteiger partial charge on any atom is 0.323 e. The Hall–Kier alpha value is -4.87. The van der Waals surface area contributed by atoms with Gasteiger partial charge in [-0.15, -0.1) is 5.23 Å². The van der Waals surface area contributed by atoms with E-state index < -0.39 is 75.4 Å². The Bertz CT molecular complexity index is 1810. The highest BCUT2D eigenvalue weighted by Gasteiger charge is 2.63. The molecule has 1 saturated carbocycles. The Kier molecular flexibility index (Phi) is 8.36. The number of hydrogen-bond acceptors (Lipinski definition) is 13. The van der Waals surface area contributed by atoms with Gasteiger partial charge < -0.3 is 41.7 Å². The molecular weight excluding hydrogens is 640 g/mol. The predicted molar refractivity (Wildman–Crippen MR) is 166 cm³/mol. The number of hydrogen-bond donors (Lipinski definition) is 8. The number of nitrogens with one attached hydrogen (secondary N) is 2. The number of rotatable bonds is 6. The van der Waals surface area contributed by atoms with E-state index in [0.717, 1.165) is 6.07 Å². The van der Waals surface area contributed by atoms with Gasteiger partial charge >= 0.3 is 6.03 Å². The Balaban J connectivity index is 1.62. The lowest BCUT2D eigenvalue weighted by atomic mass is 9.57. The zero-order valence-electron chi connectivity index (χ0n) is 25.5. The molecule has 3 aliphatic rings. The fraction of sp³-hybridized carbons (Fsp3) is 0.333. The fourth-order valence-corrected chi connectivity index (χ4v) is 6.98. The number of amides is 3. The van der Waals surface area contributed by atoms with Gasteiger partial charge in [0.2, 0.25) is 0 Å². The minimum absolute atomic E-state index is 0.000732. The van der Waals surface area contributed by atoms with Crippen LogP contribution in [0.1, 0.15) is 17.5 Å². The third-order valence-corrected chi connectivity index (χ3v) is 9.07. The molecule has 0 aromatic heterocycles. The molecule has 47 heavy (non-hydrogen) atoms. The van der Waals surface area contributed by atoms with Gasteiger partial charge in [-0.2, -0.15) is 0 Å². The first-order valence-electron chi connectivity index (χ1n) is 14.2. The van der Waals surface area contributed by atoms with Crippen molar-refractivity contribution in [1.82, 2.24) is 4.90 Å². The van der Waals surface area contributed by atoms with Gasteiger partial charge in [-0.1, -0.05) is 17.4 Å². The summed E-state index contributed by atoms with van der Waals surface area (Å²) in [5.74, 6) is -8.49. The van der Waals surface area contributed by atoms with Crippen molar-refractivity contribution in [2.24, 2.45) is 17.6 Å². The van der Waals surface area contributed by atoms with Crippen molar-refractivity contribution in [3.8, 4) is 5.75 Å². The number of phenolic OH excluding ortho intramolecular Hbond substituents is 1. The van der Waals surface area contributed by atoms with E-state index in [1.165, 1.54) is 37.2 Å². The number of benzene rings is 2. The number of nitrogens with zero attached hydrogens (tertiary/aromatic N) is 3. The maximum atomic E-state index is 14.1. The van der Waals surface area contributed by atoms with Gasteiger partial charge in [-0.25, -0.2) is 4.79 Å². The van der Waals surface area contributed by atoms with Crippen molar-refractivity contribution in [3.63, 3.8) is 0 Å². The van der Waals surface area contributed by atoms with E-state index in [4.69, 9.17) is 17.3 Å². The minimum atomic E-state index is -2.84. The molecule has 0 heterocycles. The van der Waals surface area contributed by atoms with Crippen molar-refractivity contribution < 1.29 is 50.0 Å². The molecule has 0 bridgehead atoms. The molecule has 16 nitrogen and oxygen atoms in total. The maximum absolute atomic E-state index is 14.1. The predicted octanol–water partition coefficient (Wildman–Crippen LogP) is 0.715. The van der Waals surface area contributed by atoms with Crippen LogP contribution in [0.15, 0.2) is 41.2 Å². The number of primary amides is 1. The number of nitrogens with two attached hydrogens (primary N) is 1. The molecule has 3 aliphatic carbocycles. The highest BCUT2D eigenvalue weighted by Crippen LogP contribution is 2.54. The molecule has 250 valence electrons. The number of aromatic hydroxyl groups is 1. The SMILES string of the molecule is CN(C)c1cc(NC(=O)Nc2ccc(Cl)cc2N(O)O)c(O)c2c1C[C@H]1C[C@H]3[C@H](N(C)C)C(=O)C(C(N)=O)=C(O)[C@@]3(O)C(=O)C1=C2[O-]. The minimum Gasteiger partial charge on any atom is -0.872 e. The largest absolute Gasteiger partial charge is 0.872 e. The van der Waals surface area contributed by atoms with Crippen molar-refractivity contribution in [3.05, 3.63) is 57.3 Å². The quantitative estimate of drug-likeness (QED) is 0.120. The van der Waals surface area contributed by atoms with E-state index in [2.05, 4.69) is 10.6 Å². The summed E-state index contributed by atoms with van der Waals surface area (Å²) in [6.45, 7) is 0. The van der Waals surface area contributed by atoms with E-state index in [0.29, 0.717) is 11.3 Å². The van der Waals surface area contributed by atoms with E-state index in [1.807, 2.05) is 0 Å². The number of Topliss-reactive ketones (excluding diaryl/α,β-unsaturated/α-hetero) is 2. The molecule has 0 spiro atoms. The number of aliphatic hydroxyl groups is 2. The highest BCUT2D eigenvalue weighted by atomic mass is 35.5. The van der Waals surface area contributed by atoms with Crippen LogP contribution < -0.4 is 31.6 Å². The van der Waals surface area contributed by atoms with Crippen LogP contribution in [0, 0.1) is 11.8 Å². The Morgan fingerprint density at radius 1 is 1.04 bits per heavy atom. The summed E-state index contributed by atoms with van der Waals surface area (Å²) in [4.78, 5) is 55.6. The number of urea groups is 1. The smallest absolute Gasteiger partial charge is 0.323 e. The molecule has 0 aliphatic heterocycles. The van der Waals surface area contributed by atoms with Gasteiger partial charge in [0.1, 0.15) is 22.8 Å².